The van der Waals surface area contributed by atoms with E-state index in [0.717, 1.165) is 16.5 Å². The SMILES string of the molecule is CCN(CC)S(=O)(=O)c1cccc(C(=O)NC(C(=O)Nc2ccc(C)c3ncccc23)C(C)C)c1. The number of nitrogens with one attached hydrogen (secondary N) is 2. The predicted octanol–water partition coefficient (Wildman–Crippen LogP) is 3.97. The van der Waals surface area contributed by atoms with Gasteiger partial charge in [-0.1, -0.05) is 39.8 Å². The Morgan fingerprint density at radius 1 is 1.03 bits per heavy atom. The van der Waals surface area contributed by atoms with Crippen molar-refractivity contribution in [2.75, 3.05) is 18.4 Å². The van der Waals surface area contributed by atoms with Crippen molar-refractivity contribution in [3.63, 3.8) is 0 Å². The summed E-state index contributed by atoms with van der Waals surface area (Å²) in [7, 11) is -3.72. The molecular weight excluding hydrogens is 464 g/mol. The Labute approximate surface area is 206 Å². The molecule has 0 saturated carbocycles. The summed E-state index contributed by atoms with van der Waals surface area (Å²) in [5.74, 6) is -1.10. The summed E-state index contributed by atoms with van der Waals surface area (Å²) in [6, 6.07) is 12.4. The number of anilines is 1. The second-order valence-electron chi connectivity index (χ2n) is 8.63. The molecule has 0 fully saturated rings. The predicted molar refractivity (Wildman–Crippen MR) is 138 cm³/mol. The van der Waals surface area contributed by atoms with Gasteiger partial charge in [0.2, 0.25) is 15.9 Å². The molecule has 0 bridgehead atoms. The second-order valence-corrected chi connectivity index (χ2v) is 10.6. The molecule has 0 saturated heterocycles. The first kappa shape index (κ1) is 26.3. The monoisotopic (exact) mass is 496 g/mol. The number of pyridine rings is 1. The Morgan fingerprint density at radius 2 is 1.74 bits per heavy atom. The molecule has 0 aliphatic heterocycles. The van der Waals surface area contributed by atoms with E-state index in [0.29, 0.717) is 18.8 Å². The molecule has 2 N–H and O–H groups in total. The molecule has 9 heteroatoms. The lowest BCUT2D eigenvalue weighted by molar-refractivity contribution is -0.118. The molecule has 2 amide bonds. The quantitative estimate of drug-likeness (QED) is 0.466. The lowest BCUT2D eigenvalue weighted by atomic mass is 10.0. The van der Waals surface area contributed by atoms with Gasteiger partial charge in [0, 0.05) is 30.2 Å². The van der Waals surface area contributed by atoms with Crippen LogP contribution in [0.15, 0.2) is 59.6 Å². The lowest BCUT2D eigenvalue weighted by Crippen LogP contribution is -2.47. The number of hydrogen-bond donors (Lipinski definition) is 2. The van der Waals surface area contributed by atoms with Crippen LogP contribution in [0.3, 0.4) is 0 Å². The van der Waals surface area contributed by atoms with E-state index < -0.39 is 22.0 Å². The molecule has 2 aromatic carbocycles. The van der Waals surface area contributed by atoms with E-state index in [9.17, 15) is 18.0 Å². The zero-order chi connectivity index (χ0) is 25.8. The second kappa shape index (κ2) is 11.0. The van der Waals surface area contributed by atoms with E-state index in [2.05, 4.69) is 15.6 Å². The van der Waals surface area contributed by atoms with Crippen molar-refractivity contribution in [1.29, 1.82) is 0 Å². The molecule has 8 nitrogen and oxygen atoms in total. The van der Waals surface area contributed by atoms with E-state index in [4.69, 9.17) is 0 Å². The molecule has 0 aliphatic rings. The minimum atomic E-state index is -3.72. The van der Waals surface area contributed by atoms with Gasteiger partial charge in [-0.25, -0.2) is 8.42 Å². The number of hydrogen-bond acceptors (Lipinski definition) is 5. The molecule has 186 valence electrons. The van der Waals surface area contributed by atoms with Gasteiger partial charge in [0.15, 0.2) is 0 Å². The Morgan fingerprint density at radius 3 is 2.40 bits per heavy atom. The van der Waals surface area contributed by atoms with E-state index in [1.54, 1.807) is 26.1 Å². The van der Waals surface area contributed by atoms with E-state index in [-0.39, 0.29) is 22.3 Å². The van der Waals surface area contributed by atoms with Crippen molar-refractivity contribution in [3.8, 4) is 0 Å². The highest BCUT2D eigenvalue weighted by Gasteiger charge is 2.27. The third-order valence-corrected chi connectivity index (χ3v) is 7.95. The Hall–Kier alpha value is -3.30. The molecule has 1 unspecified atom stereocenters. The smallest absolute Gasteiger partial charge is 0.251 e. The topological polar surface area (TPSA) is 108 Å². The number of aryl methyl sites for hydroxylation is 1. The summed E-state index contributed by atoms with van der Waals surface area (Å²) in [6.07, 6.45) is 1.70. The van der Waals surface area contributed by atoms with Gasteiger partial charge in [0.1, 0.15) is 6.04 Å². The van der Waals surface area contributed by atoms with Crippen LogP contribution in [0, 0.1) is 12.8 Å². The molecule has 1 atom stereocenters. The summed E-state index contributed by atoms with van der Waals surface area (Å²) < 4.78 is 27.1. The molecule has 1 heterocycles. The minimum Gasteiger partial charge on any atom is -0.340 e. The zero-order valence-corrected chi connectivity index (χ0v) is 21.5. The number of rotatable bonds is 9. The van der Waals surface area contributed by atoms with E-state index >= 15 is 0 Å². The maximum atomic E-state index is 13.2. The molecular formula is C26H32N4O4S. The Kier molecular flexibility index (Phi) is 8.24. The normalized spacial score (nSPS) is 12.7. The zero-order valence-electron chi connectivity index (χ0n) is 20.7. The van der Waals surface area contributed by atoms with Crippen LogP contribution in [0.5, 0.6) is 0 Å². The molecule has 3 rings (SSSR count). The largest absolute Gasteiger partial charge is 0.340 e. The van der Waals surface area contributed by atoms with Crippen LogP contribution in [0.25, 0.3) is 10.9 Å². The summed E-state index contributed by atoms with van der Waals surface area (Å²) in [4.78, 5) is 30.7. The highest BCUT2D eigenvalue weighted by molar-refractivity contribution is 7.89. The van der Waals surface area contributed by atoms with Gasteiger partial charge in [-0.2, -0.15) is 4.31 Å². The van der Waals surface area contributed by atoms with Gasteiger partial charge in [-0.05, 0) is 54.8 Å². The molecule has 1 aromatic heterocycles. The first-order valence-corrected chi connectivity index (χ1v) is 13.1. The van der Waals surface area contributed by atoms with Gasteiger partial charge in [0.25, 0.3) is 5.91 Å². The van der Waals surface area contributed by atoms with E-state index in [1.165, 1.54) is 28.6 Å². The van der Waals surface area contributed by atoms with Crippen LogP contribution in [-0.4, -0.2) is 48.7 Å². The van der Waals surface area contributed by atoms with Crippen molar-refractivity contribution >= 4 is 38.4 Å². The number of fused-ring (bicyclic) bond motifs is 1. The van der Waals surface area contributed by atoms with Crippen LogP contribution >= 0.6 is 0 Å². The summed E-state index contributed by atoms with van der Waals surface area (Å²) in [5.41, 5.74) is 2.56. The molecule has 35 heavy (non-hydrogen) atoms. The highest BCUT2D eigenvalue weighted by Crippen LogP contribution is 2.25. The number of carbonyl (C=O) groups excluding carboxylic acids is 2. The van der Waals surface area contributed by atoms with Gasteiger partial charge < -0.3 is 10.6 Å². The summed E-state index contributed by atoms with van der Waals surface area (Å²) in [6.45, 7) is 9.80. The van der Waals surface area contributed by atoms with Crippen molar-refractivity contribution in [2.45, 2.75) is 45.6 Å². The van der Waals surface area contributed by atoms with Crippen molar-refractivity contribution in [1.82, 2.24) is 14.6 Å². The van der Waals surface area contributed by atoms with Crippen molar-refractivity contribution < 1.29 is 18.0 Å². The fourth-order valence-corrected chi connectivity index (χ4v) is 5.41. The van der Waals surface area contributed by atoms with Crippen LogP contribution in [0.2, 0.25) is 0 Å². The maximum absolute atomic E-state index is 13.2. The fraction of sp³-hybridized carbons (Fsp3) is 0.346. The fourth-order valence-electron chi connectivity index (χ4n) is 3.90. The van der Waals surface area contributed by atoms with Gasteiger partial charge in [-0.3, -0.25) is 14.6 Å². The van der Waals surface area contributed by atoms with Crippen molar-refractivity contribution in [2.24, 2.45) is 5.92 Å². The Balaban J connectivity index is 1.84. The van der Waals surface area contributed by atoms with Crippen LogP contribution in [-0.2, 0) is 14.8 Å². The number of carbonyl (C=O) groups is 2. The Bertz CT molecular complexity index is 1330. The van der Waals surface area contributed by atoms with Crippen LogP contribution in [0.4, 0.5) is 5.69 Å². The average molecular weight is 497 g/mol. The maximum Gasteiger partial charge on any atom is 0.251 e. The van der Waals surface area contributed by atoms with Gasteiger partial charge >= 0.3 is 0 Å². The average Bonchev–Trinajstić information content (AvgIpc) is 2.84. The van der Waals surface area contributed by atoms with Gasteiger partial charge in [-0.15, -0.1) is 0 Å². The van der Waals surface area contributed by atoms with E-state index in [1.807, 2.05) is 39.0 Å². The first-order chi connectivity index (χ1) is 16.6. The number of amides is 2. The molecule has 0 spiro atoms. The molecule has 3 aromatic rings. The molecule has 0 aliphatic carbocycles. The summed E-state index contributed by atoms with van der Waals surface area (Å²) in [5, 5.41) is 6.50. The number of aromatic nitrogens is 1. The number of nitrogens with zero attached hydrogens (tertiary/aromatic N) is 2. The lowest BCUT2D eigenvalue weighted by Gasteiger charge is -2.23. The third-order valence-electron chi connectivity index (χ3n) is 5.90. The number of benzene rings is 2. The summed E-state index contributed by atoms with van der Waals surface area (Å²) >= 11 is 0. The van der Waals surface area contributed by atoms with Crippen LogP contribution in [0.1, 0.15) is 43.6 Å². The molecule has 0 radical (unpaired) electrons. The minimum absolute atomic E-state index is 0.0398. The first-order valence-electron chi connectivity index (χ1n) is 11.7. The van der Waals surface area contributed by atoms with Crippen molar-refractivity contribution in [3.05, 3.63) is 65.9 Å². The number of sulfonamides is 1. The van der Waals surface area contributed by atoms with Crippen LogP contribution < -0.4 is 10.6 Å². The van der Waals surface area contributed by atoms with Gasteiger partial charge in [0.05, 0.1) is 16.1 Å². The standard InChI is InChI=1S/C26H32N4O4S/c1-6-30(7-2)35(33,34)20-11-8-10-19(16-20)25(31)29-23(17(3)4)26(32)28-22-14-13-18(5)24-21(22)12-9-15-27-24/h8-17,23H,6-7H2,1-5H3,(H,28,32)(H,29,31). The highest BCUT2D eigenvalue weighted by atomic mass is 32.2. The third kappa shape index (κ3) is 5.68.